The smallest absolute Gasteiger partial charge is 0.410 e. The van der Waals surface area contributed by atoms with Crippen molar-refractivity contribution in [3.8, 4) is 11.5 Å². The fourth-order valence-corrected chi connectivity index (χ4v) is 2.49. The van der Waals surface area contributed by atoms with Gasteiger partial charge in [0.1, 0.15) is 5.60 Å². The van der Waals surface area contributed by atoms with Gasteiger partial charge >= 0.3 is 6.09 Å². The van der Waals surface area contributed by atoms with Gasteiger partial charge in [0, 0.05) is 32.2 Å². The van der Waals surface area contributed by atoms with Crippen molar-refractivity contribution in [1.29, 1.82) is 0 Å². The van der Waals surface area contributed by atoms with Crippen molar-refractivity contribution in [3.05, 3.63) is 30.2 Å². The third-order valence-electron chi connectivity index (χ3n) is 3.71. The first-order valence-corrected chi connectivity index (χ1v) is 8.11. The number of rotatable bonds is 2. The number of furan rings is 1. The van der Waals surface area contributed by atoms with Crippen molar-refractivity contribution in [2.24, 2.45) is 0 Å². The predicted octanol–water partition coefficient (Wildman–Crippen LogP) is 2.63. The molecule has 0 unspecified atom stereocenters. The zero-order valence-corrected chi connectivity index (χ0v) is 14.5. The molecule has 0 bridgehead atoms. The molecule has 0 atom stereocenters. The summed E-state index contributed by atoms with van der Waals surface area (Å²) in [6, 6.07) is 5.02. The first-order chi connectivity index (χ1) is 11.8. The lowest BCUT2D eigenvalue weighted by molar-refractivity contribution is 0.0139. The van der Waals surface area contributed by atoms with Crippen LogP contribution in [0.25, 0.3) is 11.5 Å². The van der Waals surface area contributed by atoms with Crippen molar-refractivity contribution in [2.45, 2.75) is 26.4 Å². The maximum atomic E-state index is 12.5. The number of hydrogen-bond donors (Lipinski definition) is 0. The van der Waals surface area contributed by atoms with Gasteiger partial charge in [0.25, 0.3) is 5.91 Å². The van der Waals surface area contributed by atoms with Crippen LogP contribution in [0.2, 0.25) is 0 Å². The first-order valence-electron chi connectivity index (χ1n) is 8.11. The highest BCUT2D eigenvalue weighted by Gasteiger charge is 2.29. The standard InChI is InChI=1S/C17H21N3O5/c1-17(2,3)24-16(22)20-8-6-19(7-9-20)15(21)12-11-14(25-18-12)13-5-4-10-23-13/h4-5,10-11H,6-9H2,1-3H3. The van der Waals surface area contributed by atoms with E-state index in [0.29, 0.717) is 37.7 Å². The van der Waals surface area contributed by atoms with E-state index < -0.39 is 5.60 Å². The Bertz CT molecular complexity index is 737. The Balaban J connectivity index is 1.58. The van der Waals surface area contributed by atoms with E-state index in [0.717, 1.165) is 0 Å². The number of amides is 2. The third kappa shape index (κ3) is 4.01. The molecule has 8 heteroatoms. The monoisotopic (exact) mass is 347 g/mol. The number of carbonyl (C=O) groups excluding carboxylic acids is 2. The second-order valence-electron chi connectivity index (χ2n) is 6.81. The number of carbonyl (C=O) groups is 2. The highest BCUT2D eigenvalue weighted by atomic mass is 16.6. The van der Waals surface area contributed by atoms with Gasteiger partial charge in [0.15, 0.2) is 11.5 Å². The van der Waals surface area contributed by atoms with Gasteiger partial charge in [0.05, 0.1) is 6.26 Å². The quantitative estimate of drug-likeness (QED) is 0.830. The number of hydrogen-bond acceptors (Lipinski definition) is 6. The average molecular weight is 347 g/mol. The summed E-state index contributed by atoms with van der Waals surface area (Å²) in [5.41, 5.74) is -0.315. The molecule has 1 fully saturated rings. The van der Waals surface area contributed by atoms with Gasteiger partial charge in [-0.1, -0.05) is 5.16 Å². The van der Waals surface area contributed by atoms with Crippen molar-refractivity contribution >= 4 is 12.0 Å². The molecular formula is C17H21N3O5. The summed E-state index contributed by atoms with van der Waals surface area (Å²) in [4.78, 5) is 27.8. The van der Waals surface area contributed by atoms with Crippen molar-refractivity contribution in [3.63, 3.8) is 0 Å². The lowest BCUT2D eigenvalue weighted by Crippen LogP contribution is -2.51. The topological polar surface area (TPSA) is 89.0 Å². The molecule has 3 rings (SSSR count). The summed E-state index contributed by atoms with van der Waals surface area (Å²) in [6.45, 7) is 7.15. The average Bonchev–Trinajstić information content (AvgIpc) is 3.23. The van der Waals surface area contributed by atoms with Gasteiger partial charge < -0.3 is 23.5 Å². The molecule has 0 aromatic carbocycles. The molecule has 0 saturated carbocycles. The van der Waals surface area contributed by atoms with Gasteiger partial charge in [-0.05, 0) is 32.9 Å². The Morgan fingerprint density at radius 1 is 1.12 bits per heavy atom. The second-order valence-corrected chi connectivity index (χ2v) is 6.81. The summed E-state index contributed by atoms with van der Waals surface area (Å²) < 4.78 is 15.7. The second kappa shape index (κ2) is 6.62. The molecule has 2 aromatic heterocycles. The van der Waals surface area contributed by atoms with Crippen LogP contribution in [0.15, 0.2) is 33.4 Å². The van der Waals surface area contributed by atoms with Gasteiger partial charge in [0.2, 0.25) is 5.76 Å². The van der Waals surface area contributed by atoms with Gasteiger partial charge in [-0.3, -0.25) is 4.79 Å². The van der Waals surface area contributed by atoms with Crippen LogP contribution in [0.1, 0.15) is 31.3 Å². The molecule has 2 aromatic rings. The summed E-state index contributed by atoms with van der Waals surface area (Å²) in [5, 5.41) is 3.82. The van der Waals surface area contributed by atoms with Crippen LogP contribution >= 0.6 is 0 Å². The zero-order chi connectivity index (χ0) is 18.0. The largest absolute Gasteiger partial charge is 0.461 e. The lowest BCUT2D eigenvalue weighted by Gasteiger charge is -2.35. The molecule has 0 radical (unpaired) electrons. The van der Waals surface area contributed by atoms with Crippen LogP contribution in [-0.2, 0) is 4.74 Å². The van der Waals surface area contributed by atoms with E-state index in [4.69, 9.17) is 13.7 Å². The Hall–Kier alpha value is -2.77. The molecule has 8 nitrogen and oxygen atoms in total. The van der Waals surface area contributed by atoms with E-state index in [1.165, 1.54) is 6.26 Å². The van der Waals surface area contributed by atoms with Crippen molar-refractivity contribution in [1.82, 2.24) is 15.0 Å². The van der Waals surface area contributed by atoms with E-state index in [1.807, 2.05) is 20.8 Å². The van der Waals surface area contributed by atoms with Crippen molar-refractivity contribution < 1.29 is 23.3 Å². The van der Waals surface area contributed by atoms with Crippen LogP contribution in [0.5, 0.6) is 0 Å². The Labute approximate surface area is 145 Å². The summed E-state index contributed by atoms with van der Waals surface area (Å²) >= 11 is 0. The van der Waals surface area contributed by atoms with Crippen LogP contribution in [0, 0.1) is 0 Å². The Morgan fingerprint density at radius 3 is 2.40 bits per heavy atom. The molecule has 1 aliphatic rings. The summed E-state index contributed by atoms with van der Waals surface area (Å²) in [5.74, 6) is 0.687. The maximum absolute atomic E-state index is 12.5. The van der Waals surface area contributed by atoms with Gasteiger partial charge in [-0.15, -0.1) is 0 Å². The fourth-order valence-electron chi connectivity index (χ4n) is 2.49. The predicted molar refractivity (Wildman–Crippen MR) is 87.9 cm³/mol. The summed E-state index contributed by atoms with van der Waals surface area (Å²) in [7, 11) is 0. The number of nitrogens with zero attached hydrogens (tertiary/aromatic N) is 3. The minimum atomic E-state index is -0.535. The normalized spacial score (nSPS) is 15.3. The number of ether oxygens (including phenoxy) is 1. The van der Waals surface area contributed by atoms with Gasteiger partial charge in [-0.25, -0.2) is 4.79 Å². The molecule has 1 aliphatic heterocycles. The van der Waals surface area contributed by atoms with E-state index >= 15 is 0 Å². The van der Waals surface area contributed by atoms with Crippen LogP contribution in [0.4, 0.5) is 4.79 Å². The Kier molecular flexibility index (Phi) is 4.52. The molecule has 0 spiro atoms. The van der Waals surface area contributed by atoms with Crippen LogP contribution in [0.3, 0.4) is 0 Å². The molecule has 2 amide bonds. The van der Waals surface area contributed by atoms with E-state index in [1.54, 1.807) is 28.0 Å². The lowest BCUT2D eigenvalue weighted by atomic mass is 10.2. The maximum Gasteiger partial charge on any atom is 0.410 e. The van der Waals surface area contributed by atoms with Crippen LogP contribution in [-0.4, -0.2) is 58.7 Å². The highest BCUT2D eigenvalue weighted by Crippen LogP contribution is 2.21. The van der Waals surface area contributed by atoms with Gasteiger partial charge in [-0.2, -0.15) is 0 Å². The van der Waals surface area contributed by atoms with Crippen molar-refractivity contribution in [2.75, 3.05) is 26.2 Å². The molecule has 134 valence electrons. The number of aromatic nitrogens is 1. The van der Waals surface area contributed by atoms with E-state index in [2.05, 4.69) is 5.16 Å². The SMILES string of the molecule is CC(C)(C)OC(=O)N1CCN(C(=O)c2cc(-c3ccco3)on2)CC1. The molecule has 0 aliphatic carbocycles. The molecule has 0 N–H and O–H groups in total. The molecule has 1 saturated heterocycles. The zero-order valence-electron chi connectivity index (χ0n) is 14.5. The minimum absolute atomic E-state index is 0.220. The van der Waals surface area contributed by atoms with E-state index in [-0.39, 0.29) is 17.7 Å². The number of piperazine rings is 1. The highest BCUT2D eigenvalue weighted by molar-refractivity contribution is 5.93. The Morgan fingerprint density at radius 2 is 1.80 bits per heavy atom. The van der Waals surface area contributed by atoms with Crippen LogP contribution < -0.4 is 0 Å². The molecular weight excluding hydrogens is 326 g/mol. The first kappa shape index (κ1) is 17.1. The summed E-state index contributed by atoms with van der Waals surface area (Å²) in [6.07, 6.45) is 1.16. The molecule has 25 heavy (non-hydrogen) atoms. The van der Waals surface area contributed by atoms with E-state index in [9.17, 15) is 9.59 Å². The third-order valence-corrected chi connectivity index (χ3v) is 3.71. The minimum Gasteiger partial charge on any atom is -0.461 e. The molecule has 3 heterocycles. The fraction of sp³-hybridized carbons (Fsp3) is 0.471.